The van der Waals surface area contributed by atoms with Gasteiger partial charge in [0.25, 0.3) is 0 Å². The highest BCUT2D eigenvalue weighted by Crippen LogP contribution is 2.44. The first-order valence-electron chi connectivity index (χ1n) is 19.9. The highest BCUT2D eigenvalue weighted by atomic mass is 15.1. The van der Waals surface area contributed by atoms with Crippen LogP contribution in [0.2, 0.25) is 0 Å². The van der Waals surface area contributed by atoms with Gasteiger partial charge >= 0.3 is 0 Å². The number of hydrogen-bond acceptors (Lipinski definition) is 1. The highest BCUT2D eigenvalue weighted by Gasteiger charge is 2.20. The average Bonchev–Trinajstić information content (AvgIpc) is 3.65. The van der Waals surface area contributed by atoms with Crippen molar-refractivity contribution in [3.8, 4) is 39.1 Å². The van der Waals surface area contributed by atoms with Gasteiger partial charge in [-0.3, -0.25) is 0 Å². The van der Waals surface area contributed by atoms with Crippen LogP contribution in [-0.2, 0) is 0 Å². The number of aromatic nitrogens is 1. The number of anilines is 3. The molecule has 0 radical (unpaired) electrons. The summed E-state index contributed by atoms with van der Waals surface area (Å²) in [4.78, 5) is 2.39. The molecule has 0 amide bonds. The van der Waals surface area contributed by atoms with Crippen molar-refractivity contribution in [1.29, 1.82) is 0 Å². The van der Waals surface area contributed by atoms with Crippen LogP contribution in [0.25, 0.3) is 82.4 Å². The van der Waals surface area contributed by atoms with Gasteiger partial charge in [0.1, 0.15) is 0 Å². The Bertz CT molecular complexity index is 3270. The molecule has 11 rings (SSSR count). The molecule has 0 saturated carbocycles. The zero-order chi connectivity index (χ0) is 38.4. The predicted molar refractivity (Wildman–Crippen MR) is 247 cm³/mol. The minimum absolute atomic E-state index is 1.10. The molecule has 0 N–H and O–H groups in total. The van der Waals surface area contributed by atoms with E-state index in [-0.39, 0.29) is 0 Å². The Morgan fingerprint density at radius 1 is 0.310 bits per heavy atom. The van der Waals surface area contributed by atoms with Gasteiger partial charge in [0, 0.05) is 33.4 Å². The zero-order valence-electron chi connectivity index (χ0n) is 31.8. The van der Waals surface area contributed by atoms with Crippen molar-refractivity contribution in [2.75, 3.05) is 4.90 Å². The molecule has 0 aliphatic heterocycles. The molecule has 1 heterocycles. The molecule has 0 fully saturated rings. The number of benzene rings is 10. The van der Waals surface area contributed by atoms with Crippen molar-refractivity contribution in [3.05, 3.63) is 231 Å². The van der Waals surface area contributed by atoms with Crippen LogP contribution >= 0.6 is 0 Å². The topological polar surface area (TPSA) is 8.17 Å². The summed E-state index contributed by atoms with van der Waals surface area (Å²) in [6, 6.07) is 83.6. The molecule has 0 unspecified atom stereocenters. The SMILES string of the molecule is c1ccc(N(c2ccc(-c3cc4ccccc4c4ccccc34)cc2)c2ccccc2-c2cccc(-c3cccc4c3c3ccccc3n4-c3ccccc3)c2)cc1. The summed E-state index contributed by atoms with van der Waals surface area (Å²) in [5.41, 5.74) is 14.1. The summed E-state index contributed by atoms with van der Waals surface area (Å²) in [5.74, 6) is 0. The minimum atomic E-state index is 1.10. The standard InChI is InChI=1S/C56H38N2/c1-3-20-43(21-4-1)57(45-35-33-39(34-36-45)52-38-42-17-7-8-24-46(42)49-26-9-10-27-50(49)52)53-30-13-11-25-47(53)40-18-15-19-41(37-40)48-29-16-32-55-56(48)51-28-12-14-31-54(51)58(55)44-22-5-2-6-23-44/h1-38H. The molecular weight excluding hydrogens is 701 g/mol. The van der Waals surface area contributed by atoms with E-state index in [9.17, 15) is 0 Å². The molecule has 0 saturated heterocycles. The monoisotopic (exact) mass is 738 g/mol. The second-order valence-corrected chi connectivity index (χ2v) is 14.9. The van der Waals surface area contributed by atoms with E-state index in [1.165, 1.54) is 65.6 Å². The summed E-state index contributed by atoms with van der Waals surface area (Å²) < 4.78 is 2.39. The van der Waals surface area contributed by atoms with Gasteiger partial charge in [-0.1, -0.05) is 164 Å². The first-order chi connectivity index (χ1) is 28.8. The van der Waals surface area contributed by atoms with E-state index in [1.54, 1.807) is 0 Å². The molecule has 58 heavy (non-hydrogen) atoms. The van der Waals surface area contributed by atoms with E-state index in [2.05, 4.69) is 240 Å². The van der Waals surface area contributed by atoms with Crippen molar-refractivity contribution in [2.24, 2.45) is 0 Å². The van der Waals surface area contributed by atoms with E-state index in [4.69, 9.17) is 0 Å². The van der Waals surface area contributed by atoms with Gasteiger partial charge in [-0.2, -0.15) is 0 Å². The van der Waals surface area contributed by atoms with Gasteiger partial charge in [0.2, 0.25) is 0 Å². The van der Waals surface area contributed by atoms with Gasteiger partial charge in [-0.15, -0.1) is 0 Å². The molecule has 272 valence electrons. The number of hydrogen-bond donors (Lipinski definition) is 0. The van der Waals surface area contributed by atoms with Gasteiger partial charge < -0.3 is 9.47 Å². The lowest BCUT2D eigenvalue weighted by Crippen LogP contribution is -2.11. The normalized spacial score (nSPS) is 11.4. The lowest BCUT2D eigenvalue weighted by atomic mass is 9.93. The van der Waals surface area contributed by atoms with Crippen molar-refractivity contribution >= 4 is 60.4 Å². The maximum absolute atomic E-state index is 2.39. The highest BCUT2D eigenvalue weighted by molar-refractivity contribution is 6.16. The molecule has 10 aromatic carbocycles. The predicted octanol–water partition coefficient (Wildman–Crippen LogP) is 15.6. The summed E-state index contributed by atoms with van der Waals surface area (Å²) in [6.45, 7) is 0. The first kappa shape index (κ1) is 33.6. The van der Waals surface area contributed by atoms with Crippen LogP contribution < -0.4 is 4.90 Å². The van der Waals surface area contributed by atoms with Gasteiger partial charge in [-0.25, -0.2) is 0 Å². The fourth-order valence-electron chi connectivity index (χ4n) is 8.97. The third-order valence-corrected chi connectivity index (χ3v) is 11.6. The molecule has 11 aromatic rings. The van der Waals surface area contributed by atoms with Crippen LogP contribution in [0.1, 0.15) is 0 Å². The maximum atomic E-state index is 2.39. The van der Waals surface area contributed by atoms with Crippen LogP contribution in [0.5, 0.6) is 0 Å². The molecule has 0 bridgehead atoms. The molecule has 2 heteroatoms. The maximum Gasteiger partial charge on any atom is 0.0547 e. The molecule has 1 aromatic heterocycles. The summed E-state index contributed by atoms with van der Waals surface area (Å²) in [5, 5.41) is 7.58. The van der Waals surface area contributed by atoms with E-state index in [1.807, 2.05) is 0 Å². The number of rotatable bonds is 7. The van der Waals surface area contributed by atoms with Gasteiger partial charge in [0.05, 0.1) is 16.7 Å². The number of fused-ring (bicyclic) bond motifs is 6. The Balaban J connectivity index is 1.04. The van der Waals surface area contributed by atoms with Crippen LogP contribution in [0.3, 0.4) is 0 Å². The van der Waals surface area contributed by atoms with Crippen LogP contribution in [0.15, 0.2) is 231 Å². The Kier molecular flexibility index (Phi) is 8.19. The molecule has 2 nitrogen and oxygen atoms in total. The third kappa shape index (κ3) is 5.66. The van der Waals surface area contributed by atoms with Crippen molar-refractivity contribution in [3.63, 3.8) is 0 Å². The summed E-state index contributed by atoms with van der Waals surface area (Å²) >= 11 is 0. The average molecular weight is 739 g/mol. The smallest absolute Gasteiger partial charge is 0.0547 e. The Hall–Kier alpha value is -7.68. The second-order valence-electron chi connectivity index (χ2n) is 14.9. The van der Waals surface area contributed by atoms with Crippen LogP contribution in [0.4, 0.5) is 17.1 Å². The molecule has 0 aliphatic rings. The zero-order valence-corrected chi connectivity index (χ0v) is 31.8. The van der Waals surface area contributed by atoms with Gasteiger partial charge in [-0.05, 0) is 116 Å². The van der Waals surface area contributed by atoms with Gasteiger partial charge in [0.15, 0.2) is 0 Å². The van der Waals surface area contributed by atoms with E-state index < -0.39 is 0 Å². The van der Waals surface area contributed by atoms with Crippen molar-refractivity contribution in [2.45, 2.75) is 0 Å². The molecule has 0 aliphatic carbocycles. The summed E-state index contributed by atoms with van der Waals surface area (Å²) in [6.07, 6.45) is 0. The fourth-order valence-corrected chi connectivity index (χ4v) is 8.97. The Morgan fingerprint density at radius 2 is 0.879 bits per heavy atom. The minimum Gasteiger partial charge on any atom is -0.310 e. The van der Waals surface area contributed by atoms with Crippen molar-refractivity contribution in [1.82, 2.24) is 4.57 Å². The van der Waals surface area contributed by atoms with Crippen LogP contribution in [-0.4, -0.2) is 4.57 Å². The number of nitrogens with zero attached hydrogens (tertiary/aromatic N) is 2. The lowest BCUT2D eigenvalue weighted by molar-refractivity contribution is 1.18. The van der Waals surface area contributed by atoms with E-state index in [0.29, 0.717) is 0 Å². The molecule has 0 spiro atoms. The molecular formula is C56H38N2. The molecule has 0 atom stereocenters. The Morgan fingerprint density at radius 3 is 1.69 bits per heavy atom. The quantitative estimate of drug-likeness (QED) is 0.148. The van der Waals surface area contributed by atoms with E-state index >= 15 is 0 Å². The fraction of sp³-hybridized carbons (Fsp3) is 0. The van der Waals surface area contributed by atoms with E-state index in [0.717, 1.165) is 33.9 Å². The summed E-state index contributed by atoms with van der Waals surface area (Å²) in [7, 11) is 0. The lowest BCUT2D eigenvalue weighted by Gasteiger charge is -2.28. The second kappa shape index (κ2) is 14.1. The first-order valence-corrected chi connectivity index (χ1v) is 19.9. The van der Waals surface area contributed by atoms with Crippen molar-refractivity contribution < 1.29 is 0 Å². The Labute approximate surface area is 338 Å². The number of para-hydroxylation sites is 4. The third-order valence-electron chi connectivity index (χ3n) is 11.6. The largest absolute Gasteiger partial charge is 0.310 e. The van der Waals surface area contributed by atoms with Crippen LogP contribution in [0, 0.1) is 0 Å².